The summed E-state index contributed by atoms with van der Waals surface area (Å²) in [6, 6.07) is 10.8. The summed E-state index contributed by atoms with van der Waals surface area (Å²) in [7, 11) is 3.14. The van der Waals surface area contributed by atoms with Crippen LogP contribution in [0.25, 0.3) is 11.3 Å². The van der Waals surface area contributed by atoms with E-state index in [0.29, 0.717) is 28.1 Å². The van der Waals surface area contributed by atoms with Gasteiger partial charge >= 0.3 is 0 Å². The number of nitro benzene ring substituents is 1. The van der Waals surface area contributed by atoms with Gasteiger partial charge in [-0.3, -0.25) is 20.2 Å². The molecule has 29 heavy (non-hydrogen) atoms. The zero-order valence-electron chi connectivity index (χ0n) is 15.6. The van der Waals surface area contributed by atoms with E-state index >= 15 is 0 Å². The molecule has 1 heterocycles. The maximum atomic E-state index is 12.1. The highest BCUT2D eigenvalue weighted by atomic mass is 32.1. The summed E-state index contributed by atoms with van der Waals surface area (Å²) in [6.07, 6.45) is 0. The van der Waals surface area contributed by atoms with Crippen molar-refractivity contribution in [3.8, 4) is 28.5 Å². The highest BCUT2D eigenvalue weighted by Crippen LogP contribution is 2.35. The van der Waals surface area contributed by atoms with Gasteiger partial charge in [0, 0.05) is 23.1 Å². The number of carbonyl (C=O) groups is 1. The Morgan fingerprint density at radius 2 is 1.86 bits per heavy atom. The number of nitrogens with zero attached hydrogens (tertiary/aromatic N) is 2. The maximum absolute atomic E-state index is 12.1. The lowest BCUT2D eigenvalue weighted by Gasteiger charge is -2.08. The Morgan fingerprint density at radius 1 is 1.14 bits per heavy atom. The predicted molar refractivity (Wildman–Crippen MR) is 108 cm³/mol. The fourth-order valence-corrected chi connectivity index (χ4v) is 3.16. The van der Waals surface area contributed by atoms with E-state index in [1.54, 1.807) is 37.8 Å². The van der Waals surface area contributed by atoms with Crippen molar-refractivity contribution in [2.24, 2.45) is 0 Å². The first-order chi connectivity index (χ1) is 14.0. The van der Waals surface area contributed by atoms with Crippen molar-refractivity contribution in [3.63, 3.8) is 0 Å². The summed E-state index contributed by atoms with van der Waals surface area (Å²) in [4.78, 5) is 26.7. The minimum atomic E-state index is -0.506. The van der Waals surface area contributed by atoms with Gasteiger partial charge in [-0.05, 0) is 30.3 Å². The van der Waals surface area contributed by atoms with Crippen molar-refractivity contribution in [3.05, 3.63) is 58.0 Å². The minimum Gasteiger partial charge on any atom is -0.497 e. The van der Waals surface area contributed by atoms with Crippen LogP contribution in [0.3, 0.4) is 0 Å². The second kappa shape index (κ2) is 9.02. The van der Waals surface area contributed by atoms with Crippen LogP contribution in [0, 0.1) is 10.1 Å². The third-order valence-corrected chi connectivity index (χ3v) is 4.61. The van der Waals surface area contributed by atoms with Gasteiger partial charge in [0.25, 0.3) is 11.6 Å². The van der Waals surface area contributed by atoms with E-state index < -0.39 is 10.8 Å². The first kappa shape index (κ1) is 20.1. The second-order valence-corrected chi connectivity index (χ2v) is 6.55. The van der Waals surface area contributed by atoms with Crippen molar-refractivity contribution in [2.75, 3.05) is 26.1 Å². The molecule has 0 spiro atoms. The number of non-ortho nitro benzene ring substituents is 1. The maximum Gasteiger partial charge on any atom is 0.269 e. The molecule has 0 saturated carbocycles. The first-order valence-corrected chi connectivity index (χ1v) is 9.23. The van der Waals surface area contributed by atoms with Gasteiger partial charge in [0.2, 0.25) is 0 Å². The highest BCUT2D eigenvalue weighted by Gasteiger charge is 2.13. The van der Waals surface area contributed by atoms with Gasteiger partial charge in [0.05, 0.1) is 24.8 Å². The summed E-state index contributed by atoms with van der Waals surface area (Å²) in [5.41, 5.74) is 1.33. The number of carbonyl (C=O) groups excluding carboxylic acids is 1. The molecule has 1 amide bonds. The van der Waals surface area contributed by atoms with Gasteiger partial charge in [0.15, 0.2) is 11.7 Å². The van der Waals surface area contributed by atoms with Crippen molar-refractivity contribution in [1.29, 1.82) is 0 Å². The normalized spacial score (nSPS) is 10.3. The number of anilines is 1. The third kappa shape index (κ3) is 4.99. The van der Waals surface area contributed by atoms with Crippen molar-refractivity contribution < 1.29 is 23.9 Å². The number of rotatable bonds is 8. The number of thiazole rings is 1. The highest BCUT2D eigenvalue weighted by molar-refractivity contribution is 7.14. The summed E-state index contributed by atoms with van der Waals surface area (Å²) < 4.78 is 15.9. The molecule has 1 N–H and O–H groups in total. The van der Waals surface area contributed by atoms with E-state index in [4.69, 9.17) is 14.2 Å². The molecule has 10 heteroatoms. The molecule has 1 aromatic heterocycles. The fraction of sp³-hybridized carbons (Fsp3) is 0.158. The Labute approximate surface area is 170 Å². The van der Waals surface area contributed by atoms with Gasteiger partial charge in [-0.1, -0.05) is 0 Å². The van der Waals surface area contributed by atoms with E-state index in [1.807, 2.05) is 0 Å². The molecule has 9 nitrogen and oxygen atoms in total. The second-order valence-electron chi connectivity index (χ2n) is 5.69. The number of hydrogen-bond acceptors (Lipinski definition) is 8. The van der Waals surface area contributed by atoms with Crippen LogP contribution in [0.5, 0.6) is 17.2 Å². The standard InChI is InChI=1S/C19H17N3O6S/c1-26-14-7-8-17(27-2)15(9-14)16-11-29-19(20-16)21-18(23)10-28-13-5-3-12(4-6-13)22(24)25/h3-9,11H,10H2,1-2H3,(H,20,21,23). The van der Waals surface area contributed by atoms with Crippen LogP contribution in [0.1, 0.15) is 0 Å². The Kier molecular flexibility index (Phi) is 6.25. The topological polar surface area (TPSA) is 113 Å². The average molecular weight is 415 g/mol. The summed E-state index contributed by atoms with van der Waals surface area (Å²) in [5.74, 6) is 1.25. The van der Waals surface area contributed by atoms with Crippen LogP contribution >= 0.6 is 11.3 Å². The Hall–Kier alpha value is -3.66. The van der Waals surface area contributed by atoms with Gasteiger partial charge < -0.3 is 14.2 Å². The van der Waals surface area contributed by atoms with E-state index in [1.165, 1.54) is 35.6 Å². The summed E-state index contributed by atoms with van der Waals surface area (Å²) >= 11 is 1.26. The lowest BCUT2D eigenvalue weighted by molar-refractivity contribution is -0.384. The van der Waals surface area contributed by atoms with Crippen molar-refractivity contribution in [1.82, 2.24) is 4.98 Å². The van der Waals surface area contributed by atoms with Crippen LogP contribution in [0.15, 0.2) is 47.8 Å². The summed E-state index contributed by atoms with van der Waals surface area (Å²) in [5, 5.41) is 15.5. The lowest BCUT2D eigenvalue weighted by Crippen LogP contribution is -2.20. The molecule has 0 radical (unpaired) electrons. The molecule has 0 aliphatic heterocycles. The molecule has 0 saturated heterocycles. The quantitative estimate of drug-likeness (QED) is 0.440. The number of methoxy groups -OCH3 is 2. The number of hydrogen-bond donors (Lipinski definition) is 1. The molecule has 0 fully saturated rings. The Bertz CT molecular complexity index is 1020. The number of nitro groups is 1. The molecule has 0 aliphatic carbocycles. The molecule has 0 aliphatic rings. The molecular weight excluding hydrogens is 398 g/mol. The fourth-order valence-electron chi connectivity index (χ4n) is 2.44. The molecule has 150 valence electrons. The van der Waals surface area contributed by atoms with Gasteiger partial charge in [-0.2, -0.15) is 0 Å². The van der Waals surface area contributed by atoms with E-state index in [0.717, 1.165) is 5.56 Å². The van der Waals surface area contributed by atoms with E-state index in [-0.39, 0.29) is 12.3 Å². The van der Waals surface area contributed by atoms with Crippen LogP contribution in [-0.4, -0.2) is 36.6 Å². The van der Waals surface area contributed by atoms with Crippen LogP contribution in [0.4, 0.5) is 10.8 Å². The SMILES string of the molecule is COc1ccc(OC)c(-c2csc(NC(=O)COc3ccc([N+](=O)[O-])cc3)n2)c1. The van der Waals surface area contributed by atoms with E-state index in [2.05, 4.69) is 10.3 Å². The van der Waals surface area contributed by atoms with Crippen LogP contribution in [0.2, 0.25) is 0 Å². The molecule has 2 aromatic carbocycles. The van der Waals surface area contributed by atoms with Crippen LogP contribution in [-0.2, 0) is 4.79 Å². The third-order valence-electron chi connectivity index (χ3n) is 3.85. The Balaban J connectivity index is 1.62. The summed E-state index contributed by atoms with van der Waals surface area (Å²) in [6.45, 7) is -0.255. The number of ether oxygens (including phenoxy) is 3. The zero-order valence-corrected chi connectivity index (χ0v) is 16.4. The number of aromatic nitrogens is 1. The van der Waals surface area contributed by atoms with Gasteiger partial charge in [-0.25, -0.2) is 4.98 Å². The molecule has 3 aromatic rings. The monoisotopic (exact) mass is 415 g/mol. The molecular formula is C19H17N3O6S. The lowest BCUT2D eigenvalue weighted by atomic mass is 10.1. The molecule has 0 bridgehead atoms. The number of amides is 1. The van der Waals surface area contributed by atoms with Gasteiger partial charge in [0.1, 0.15) is 17.2 Å². The number of nitrogens with one attached hydrogen (secondary N) is 1. The average Bonchev–Trinajstić information content (AvgIpc) is 3.20. The zero-order chi connectivity index (χ0) is 20.8. The minimum absolute atomic E-state index is 0.0508. The van der Waals surface area contributed by atoms with Gasteiger partial charge in [-0.15, -0.1) is 11.3 Å². The van der Waals surface area contributed by atoms with Crippen LogP contribution < -0.4 is 19.5 Å². The molecule has 3 rings (SSSR count). The Morgan fingerprint density at radius 3 is 2.52 bits per heavy atom. The molecule has 0 unspecified atom stereocenters. The molecule has 0 atom stereocenters. The predicted octanol–water partition coefficient (Wildman–Crippen LogP) is 3.75. The smallest absolute Gasteiger partial charge is 0.269 e. The largest absolute Gasteiger partial charge is 0.497 e. The number of benzene rings is 2. The first-order valence-electron chi connectivity index (χ1n) is 8.35. The van der Waals surface area contributed by atoms with Crippen molar-refractivity contribution >= 4 is 28.1 Å². The van der Waals surface area contributed by atoms with E-state index in [9.17, 15) is 14.9 Å². The van der Waals surface area contributed by atoms with Crippen molar-refractivity contribution in [2.45, 2.75) is 0 Å².